The van der Waals surface area contributed by atoms with Crippen LogP contribution >= 0.6 is 0 Å². The number of amides is 1. The van der Waals surface area contributed by atoms with Crippen molar-refractivity contribution in [2.45, 2.75) is 6.54 Å². The van der Waals surface area contributed by atoms with Crippen molar-refractivity contribution in [3.05, 3.63) is 84.7 Å². The summed E-state index contributed by atoms with van der Waals surface area (Å²) >= 11 is 0. The summed E-state index contributed by atoms with van der Waals surface area (Å²) in [4.78, 5) is 37.6. The summed E-state index contributed by atoms with van der Waals surface area (Å²) in [6.45, 7) is 2.68. The number of benzene rings is 2. The van der Waals surface area contributed by atoms with Gasteiger partial charge in [-0.25, -0.2) is 14.8 Å². The van der Waals surface area contributed by atoms with Gasteiger partial charge in [-0.3, -0.25) is 9.48 Å². The molecule has 2 aromatic carbocycles. The molecule has 2 aromatic heterocycles. The van der Waals surface area contributed by atoms with Crippen LogP contribution in [0.5, 0.6) is 0 Å². The van der Waals surface area contributed by atoms with E-state index >= 15 is 0 Å². The molecule has 0 radical (unpaired) electrons. The smallest absolute Gasteiger partial charge is 0.337 e. The van der Waals surface area contributed by atoms with Crippen LogP contribution in [0.3, 0.4) is 0 Å². The number of aromatic nitrogens is 4. The van der Waals surface area contributed by atoms with E-state index in [0.717, 1.165) is 22.5 Å². The second-order valence-corrected chi connectivity index (χ2v) is 8.42. The van der Waals surface area contributed by atoms with E-state index in [0.29, 0.717) is 37.7 Å². The molecule has 0 aliphatic carbocycles. The first-order chi connectivity index (χ1) is 17.6. The lowest BCUT2D eigenvalue weighted by atomic mass is 10.1. The highest BCUT2D eigenvalue weighted by Gasteiger charge is 2.24. The maximum absolute atomic E-state index is 13.3. The average molecular weight is 483 g/mol. The monoisotopic (exact) mass is 482 g/mol. The van der Waals surface area contributed by atoms with Crippen molar-refractivity contribution in [3.8, 4) is 22.5 Å². The van der Waals surface area contributed by atoms with E-state index in [9.17, 15) is 9.59 Å². The Bertz CT molecular complexity index is 1330. The van der Waals surface area contributed by atoms with Crippen LogP contribution in [0.15, 0.2) is 79.1 Å². The fourth-order valence-corrected chi connectivity index (χ4v) is 4.25. The zero-order valence-electron chi connectivity index (χ0n) is 19.9. The Morgan fingerprint density at radius 1 is 0.861 bits per heavy atom. The highest BCUT2D eigenvalue weighted by molar-refractivity contribution is 5.90. The van der Waals surface area contributed by atoms with Crippen LogP contribution in [0.25, 0.3) is 22.5 Å². The molecule has 1 aliphatic rings. The number of hydrogen-bond donors (Lipinski definition) is 0. The van der Waals surface area contributed by atoms with Gasteiger partial charge in [0, 0.05) is 44.1 Å². The van der Waals surface area contributed by atoms with E-state index in [1.54, 1.807) is 35.3 Å². The summed E-state index contributed by atoms with van der Waals surface area (Å²) in [6.07, 6.45) is 3.45. The average Bonchev–Trinajstić information content (AvgIpc) is 3.37. The van der Waals surface area contributed by atoms with E-state index in [2.05, 4.69) is 14.9 Å². The van der Waals surface area contributed by atoms with Crippen molar-refractivity contribution in [2.24, 2.45) is 0 Å². The minimum absolute atomic E-state index is 0.0106. The first kappa shape index (κ1) is 23.2. The molecule has 0 bridgehead atoms. The third-order valence-corrected chi connectivity index (χ3v) is 6.20. The number of nitrogens with zero attached hydrogens (tertiary/aromatic N) is 6. The minimum atomic E-state index is -0.387. The first-order valence-electron chi connectivity index (χ1n) is 11.7. The molecule has 0 unspecified atom stereocenters. The van der Waals surface area contributed by atoms with Crippen molar-refractivity contribution in [1.82, 2.24) is 24.6 Å². The quantitative estimate of drug-likeness (QED) is 0.390. The van der Waals surface area contributed by atoms with Crippen LogP contribution in [0.2, 0.25) is 0 Å². The van der Waals surface area contributed by atoms with E-state index in [1.807, 2.05) is 53.4 Å². The number of piperazine rings is 1. The number of esters is 1. The number of anilines is 1. The van der Waals surface area contributed by atoms with Crippen molar-refractivity contribution in [1.29, 1.82) is 0 Å². The van der Waals surface area contributed by atoms with Crippen LogP contribution in [0.1, 0.15) is 10.4 Å². The largest absolute Gasteiger partial charge is 0.465 e. The van der Waals surface area contributed by atoms with Crippen molar-refractivity contribution in [3.63, 3.8) is 0 Å². The van der Waals surface area contributed by atoms with Gasteiger partial charge in [0.1, 0.15) is 6.54 Å². The lowest BCUT2D eigenvalue weighted by Crippen LogP contribution is -2.50. The summed E-state index contributed by atoms with van der Waals surface area (Å²) in [6, 6.07) is 20.7. The Morgan fingerprint density at radius 2 is 1.56 bits per heavy atom. The second kappa shape index (κ2) is 10.4. The summed E-state index contributed by atoms with van der Waals surface area (Å²) in [7, 11) is 1.36. The molecule has 1 saturated heterocycles. The van der Waals surface area contributed by atoms with Gasteiger partial charge in [0.2, 0.25) is 11.9 Å². The molecule has 1 amide bonds. The molecular weight excluding hydrogens is 456 g/mol. The van der Waals surface area contributed by atoms with Gasteiger partial charge in [-0.15, -0.1) is 0 Å². The molecule has 1 fully saturated rings. The van der Waals surface area contributed by atoms with Gasteiger partial charge in [0.05, 0.1) is 24.1 Å². The van der Waals surface area contributed by atoms with E-state index < -0.39 is 0 Å². The molecule has 0 N–H and O–H groups in total. The van der Waals surface area contributed by atoms with Crippen molar-refractivity contribution >= 4 is 17.8 Å². The molecule has 9 heteroatoms. The third kappa shape index (κ3) is 4.95. The minimum Gasteiger partial charge on any atom is -0.465 e. The van der Waals surface area contributed by atoms with Crippen molar-refractivity contribution < 1.29 is 14.3 Å². The molecule has 36 heavy (non-hydrogen) atoms. The van der Waals surface area contributed by atoms with Crippen LogP contribution < -0.4 is 4.90 Å². The number of hydrogen-bond acceptors (Lipinski definition) is 7. The van der Waals surface area contributed by atoms with Crippen molar-refractivity contribution in [2.75, 3.05) is 38.2 Å². The fourth-order valence-electron chi connectivity index (χ4n) is 4.25. The lowest BCUT2D eigenvalue weighted by molar-refractivity contribution is -0.132. The van der Waals surface area contributed by atoms with E-state index in [-0.39, 0.29) is 18.4 Å². The van der Waals surface area contributed by atoms with Gasteiger partial charge >= 0.3 is 5.97 Å². The van der Waals surface area contributed by atoms with Crippen LogP contribution in [-0.4, -0.2) is 69.8 Å². The molecular formula is C27H26N6O3. The maximum Gasteiger partial charge on any atom is 0.337 e. The maximum atomic E-state index is 13.3. The number of ether oxygens (including phenoxy) is 1. The molecule has 3 heterocycles. The molecule has 4 aromatic rings. The molecule has 5 rings (SSSR count). The highest BCUT2D eigenvalue weighted by atomic mass is 16.5. The van der Waals surface area contributed by atoms with Gasteiger partial charge in [0.15, 0.2) is 0 Å². The van der Waals surface area contributed by atoms with Crippen LogP contribution in [0.4, 0.5) is 5.95 Å². The number of methoxy groups -OCH3 is 1. The summed E-state index contributed by atoms with van der Waals surface area (Å²) in [5.41, 5.74) is 3.87. The number of rotatable bonds is 6. The van der Waals surface area contributed by atoms with E-state index in [4.69, 9.17) is 9.84 Å². The summed E-state index contributed by atoms with van der Waals surface area (Å²) in [5, 5.41) is 4.77. The van der Waals surface area contributed by atoms with E-state index in [1.165, 1.54) is 7.11 Å². The molecule has 0 spiro atoms. The summed E-state index contributed by atoms with van der Waals surface area (Å²) in [5.74, 6) is 0.309. The predicted molar refractivity (Wildman–Crippen MR) is 135 cm³/mol. The Balaban J connectivity index is 1.35. The third-order valence-electron chi connectivity index (χ3n) is 6.20. The Hall–Kier alpha value is -4.53. The molecule has 182 valence electrons. The zero-order valence-corrected chi connectivity index (χ0v) is 19.9. The highest BCUT2D eigenvalue weighted by Crippen LogP contribution is 2.27. The van der Waals surface area contributed by atoms with Crippen LogP contribution in [-0.2, 0) is 16.1 Å². The van der Waals surface area contributed by atoms with Crippen LogP contribution in [0, 0.1) is 0 Å². The lowest BCUT2D eigenvalue weighted by Gasteiger charge is -2.34. The SMILES string of the molecule is COC(=O)c1ccc(-c2cc(-c3ccccc3)n(CC(=O)N3CCN(c4ncccn4)CC3)n2)cc1. The normalized spacial score (nSPS) is 13.5. The standard InChI is InChI=1S/C27H26N6O3/c1-36-26(35)22-10-8-20(9-11-22)23-18-24(21-6-3-2-4-7-21)33(30-23)19-25(34)31-14-16-32(17-15-31)27-28-12-5-13-29-27/h2-13,18H,14-17,19H2,1H3. The molecule has 9 nitrogen and oxygen atoms in total. The zero-order chi connectivity index (χ0) is 24.9. The fraction of sp³-hybridized carbons (Fsp3) is 0.222. The number of carbonyl (C=O) groups excluding carboxylic acids is 2. The van der Waals surface area contributed by atoms with Gasteiger partial charge in [0.25, 0.3) is 0 Å². The molecule has 0 atom stereocenters. The van der Waals surface area contributed by atoms with Gasteiger partial charge in [-0.1, -0.05) is 42.5 Å². The number of carbonyl (C=O) groups is 2. The Kier molecular flexibility index (Phi) is 6.70. The second-order valence-electron chi connectivity index (χ2n) is 8.42. The topological polar surface area (TPSA) is 93.5 Å². The Labute approximate surface area is 209 Å². The van der Waals surface area contributed by atoms with Gasteiger partial charge in [-0.05, 0) is 29.8 Å². The first-order valence-corrected chi connectivity index (χ1v) is 11.7. The van der Waals surface area contributed by atoms with Gasteiger partial charge in [-0.2, -0.15) is 5.10 Å². The predicted octanol–water partition coefficient (Wildman–Crippen LogP) is 3.14. The van der Waals surface area contributed by atoms with Gasteiger partial charge < -0.3 is 14.5 Å². The molecule has 1 aliphatic heterocycles. The Morgan fingerprint density at radius 3 is 2.22 bits per heavy atom. The summed E-state index contributed by atoms with van der Waals surface area (Å²) < 4.78 is 6.54. The molecule has 0 saturated carbocycles.